The van der Waals surface area contributed by atoms with Crippen molar-refractivity contribution < 1.29 is 9.84 Å². The number of H-pyrrole nitrogens is 1. The first kappa shape index (κ1) is 15.5. The van der Waals surface area contributed by atoms with Crippen molar-refractivity contribution in [2.24, 2.45) is 0 Å². The number of nitrogens with zero attached hydrogens (tertiary/aromatic N) is 1. The van der Waals surface area contributed by atoms with Crippen molar-refractivity contribution >= 4 is 11.3 Å². The van der Waals surface area contributed by atoms with Gasteiger partial charge >= 0.3 is 0 Å². The summed E-state index contributed by atoms with van der Waals surface area (Å²) in [7, 11) is 0. The van der Waals surface area contributed by atoms with Crippen LogP contribution in [0.3, 0.4) is 0 Å². The summed E-state index contributed by atoms with van der Waals surface area (Å²) < 4.78 is 5.88. The molecule has 2 heterocycles. The van der Waals surface area contributed by atoms with E-state index >= 15 is 0 Å². The van der Waals surface area contributed by atoms with Gasteiger partial charge < -0.3 is 9.84 Å². The van der Waals surface area contributed by atoms with Crippen LogP contribution >= 0.6 is 11.3 Å². The number of aromatic nitrogens is 2. The van der Waals surface area contributed by atoms with Gasteiger partial charge in [0.15, 0.2) is 0 Å². The molecule has 0 amide bonds. The molecule has 2 aromatic carbocycles. The first-order valence-corrected chi connectivity index (χ1v) is 8.81. The molecule has 0 saturated heterocycles. The Morgan fingerprint density at radius 1 is 1.04 bits per heavy atom. The maximum Gasteiger partial charge on any atom is 0.123 e. The van der Waals surface area contributed by atoms with Crippen molar-refractivity contribution in [3.8, 4) is 33.9 Å². The Morgan fingerprint density at radius 2 is 1.92 bits per heavy atom. The predicted molar refractivity (Wildman–Crippen MR) is 99.8 cm³/mol. The third-order valence-corrected chi connectivity index (χ3v) is 4.64. The van der Waals surface area contributed by atoms with Crippen molar-refractivity contribution in [2.45, 2.75) is 6.61 Å². The lowest BCUT2D eigenvalue weighted by atomic mass is 10.0. The minimum atomic E-state index is 0.199. The molecule has 0 aliphatic carbocycles. The highest BCUT2D eigenvalue weighted by atomic mass is 32.1. The molecular formula is C20H16N2O2S. The lowest BCUT2D eigenvalue weighted by Crippen LogP contribution is -1.95. The topological polar surface area (TPSA) is 58.1 Å². The second kappa shape index (κ2) is 6.83. The Labute approximate surface area is 149 Å². The van der Waals surface area contributed by atoms with E-state index in [1.807, 2.05) is 53.2 Å². The first-order chi connectivity index (χ1) is 12.3. The smallest absolute Gasteiger partial charge is 0.123 e. The van der Waals surface area contributed by atoms with Crippen LogP contribution in [-0.2, 0) is 6.61 Å². The number of aromatic hydroxyl groups is 1. The average molecular weight is 348 g/mol. The van der Waals surface area contributed by atoms with Gasteiger partial charge in [-0.2, -0.15) is 16.4 Å². The van der Waals surface area contributed by atoms with E-state index in [1.54, 1.807) is 29.7 Å². The molecule has 124 valence electrons. The molecule has 25 heavy (non-hydrogen) atoms. The van der Waals surface area contributed by atoms with E-state index < -0.39 is 0 Å². The molecule has 4 rings (SSSR count). The van der Waals surface area contributed by atoms with E-state index in [-0.39, 0.29) is 5.75 Å². The molecule has 4 nitrogen and oxygen atoms in total. The quantitative estimate of drug-likeness (QED) is 0.528. The number of aromatic amines is 1. The Morgan fingerprint density at radius 3 is 2.72 bits per heavy atom. The molecule has 0 saturated carbocycles. The third kappa shape index (κ3) is 3.27. The monoisotopic (exact) mass is 348 g/mol. The van der Waals surface area contributed by atoms with Gasteiger partial charge in [-0.3, -0.25) is 5.10 Å². The van der Waals surface area contributed by atoms with Crippen LogP contribution in [0.5, 0.6) is 11.5 Å². The largest absolute Gasteiger partial charge is 0.507 e. The van der Waals surface area contributed by atoms with Crippen LogP contribution in [0.15, 0.2) is 71.6 Å². The van der Waals surface area contributed by atoms with E-state index in [2.05, 4.69) is 10.2 Å². The lowest BCUT2D eigenvalue weighted by molar-refractivity contribution is 0.306. The highest BCUT2D eigenvalue weighted by Gasteiger charge is 2.14. The lowest BCUT2D eigenvalue weighted by Gasteiger charge is -2.10. The molecule has 0 atom stereocenters. The predicted octanol–water partition coefficient (Wildman–Crippen LogP) is 5.09. The molecule has 0 fully saturated rings. The first-order valence-electron chi connectivity index (χ1n) is 7.87. The minimum Gasteiger partial charge on any atom is -0.507 e. The maximum absolute atomic E-state index is 10.3. The van der Waals surface area contributed by atoms with Crippen LogP contribution in [-0.4, -0.2) is 15.3 Å². The van der Waals surface area contributed by atoms with Crippen molar-refractivity contribution in [2.75, 3.05) is 0 Å². The van der Waals surface area contributed by atoms with Gasteiger partial charge in [0.2, 0.25) is 0 Å². The van der Waals surface area contributed by atoms with E-state index in [0.717, 1.165) is 22.4 Å². The third-order valence-electron chi connectivity index (χ3n) is 3.96. The molecule has 0 bridgehead atoms. The highest BCUT2D eigenvalue weighted by Crippen LogP contribution is 2.38. The summed E-state index contributed by atoms with van der Waals surface area (Å²) in [6.45, 7) is 0.480. The highest BCUT2D eigenvalue weighted by molar-refractivity contribution is 7.08. The average Bonchev–Trinajstić information content (AvgIpc) is 3.33. The fourth-order valence-corrected chi connectivity index (χ4v) is 3.33. The van der Waals surface area contributed by atoms with Gasteiger partial charge in [0.25, 0.3) is 0 Å². The van der Waals surface area contributed by atoms with Gasteiger partial charge in [0.05, 0.1) is 11.9 Å². The molecular weight excluding hydrogens is 332 g/mol. The number of thiophene rings is 1. The molecule has 0 aliphatic rings. The summed E-state index contributed by atoms with van der Waals surface area (Å²) in [4.78, 5) is 0. The van der Waals surface area contributed by atoms with Crippen molar-refractivity contribution in [3.63, 3.8) is 0 Å². The summed E-state index contributed by atoms with van der Waals surface area (Å²) in [5.41, 5.74) is 4.57. The van der Waals surface area contributed by atoms with Crippen molar-refractivity contribution in [3.05, 3.63) is 77.1 Å². The molecule has 0 spiro atoms. The van der Waals surface area contributed by atoms with E-state index in [4.69, 9.17) is 4.74 Å². The standard InChI is InChI=1S/C20H16N2O2S/c23-19-7-6-16(24-12-14-4-2-1-3-5-14)10-17(19)18-11-21-22-20(18)15-8-9-25-13-15/h1-11,13,23H,12H2,(H,21,22). The fourth-order valence-electron chi connectivity index (χ4n) is 2.68. The van der Waals surface area contributed by atoms with Gasteiger partial charge in [-0.1, -0.05) is 30.3 Å². The van der Waals surface area contributed by atoms with Crippen molar-refractivity contribution in [1.29, 1.82) is 0 Å². The van der Waals surface area contributed by atoms with Gasteiger partial charge in [0.1, 0.15) is 18.1 Å². The van der Waals surface area contributed by atoms with E-state index in [1.165, 1.54) is 0 Å². The number of phenolic OH excluding ortho intramolecular Hbond substituents is 1. The number of benzene rings is 2. The Balaban J connectivity index is 1.64. The number of phenols is 1. The SMILES string of the molecule is Oc1ccc(OCc2ccccc2)cc1-c1cn[nH]c1-c1ccsc1. The molecule has 2 aromatic heterocycles. The fraction of sp³-hybridized carbons (Fsp3) is 0.0500. The van der Waals surface area contributed by atoms with Gasteiger partial charge in [0, 0.05) is 22.1 Å². The number of ether oxygens (including phenoxy) is 1. The Kier molecular flexibility index (Phi) is 4.23. The van der Waals surface area contributed by atoms with Gasteiger partial charge in [-0.05, 0) is 35.2 Å². The van der Waals surface area contributed by atoms with Crippen LogP contribution in [0.4, 0.5) is 0 Å². The molecule has 0 unspecified atom stereocenters. The van der Waals surface area contributed by atoms with Gasteiger partial charge in [-0.25, -0.2) is 0 Å². The molecule has 0 aliphatic heterocycles. The summed E-state index contributed by atoms with van der Waals surface area (Å²) >= 11 is 1.62. The van der Waals surface area contributed by atoms with Crippen LogP contribution in [0.1, 0.15) is 5.56 Å². The second-order valence-electron chi connectivity index (χ2n) is 5.62. The van der Waals surface area contributed by atoms with Crippen molar-refractivity contribution in [1.82, 2.24) is 10.2 Å². The summed E-state index contributed by atoms with van der Waals surface area (Å²) in [5, 5.41) is 21.5. The van der Waals surface area contributed by atoms with E-state index in [0.29, 0.717) is 17.9 Å². The minimum absolute atomic E-state index is 0.199. The number of nitrogens with one attached hydrogen (secondary N) is 1. The Bertz CT molecular complexity index is 963. The number of hydrogen-bond acceptors (Lipinski definition) is 4. The molecule has 0 radical (unpaired) electrons. The normalized spacial score (nSPS) is 10.7. The second-order valence-corrected chi connectivity index (χ2v) is 6.40. The summed E-state index contributed by atoms with van der Waals surface area (Å²) in [6.07, 6.45) is 1.73. The maximum atomic E-state index is 10.3. The van der Waals surface area contributed by atoms with Gasteiger partial charge in [-0.15, -0.1) is 0 Å². The van der Waals surface area contributed by atoms with Crippen LogP contribution in [0, 0.1) is 0 Å². The zero-order valence-electron chi connectivity index (χ0n) is 13.3. The Hall–Kier alpha value is -3.05. The zero-order chi connectivity index (χ0) is 17.1. The number of rotatable bonds is 5. The molecule has 5 heteroatoms. The molecule has 4 aromatic rings. The molecule has 2 N–H and O–H groups in total. The summed E-state index contributed by atoms with van der Waals surface area (Å²) in [5.74, 6) is 0.902. The van der Waals surface area contributed by atoms with Crippen LogP contribution in [0.25, 0.3) is 22.4 Å². The van der Waals surface area contributed by atoms with Crippen LogP contribution in [0.2, 0.25) is 0 Å². The zero-order valence-corrected chi connectivity index (χ0v) is 14.2. The van der Waals surface area contributed by atoms with E-state index in [9.17, 15) is 5.11 Å². The van der Waals surface area contributed by atoms with Crippen LogP contribution < -0.4 is 4.74 Å². The summed E-state index contributed by atoms with van der Waals surface area (Å²) in [6, 6.07) is 17.3. The number of hydrogen-bond donors (Lipinski definition) is 2.